The number of rotatable bonds is 2. The van der Waals surface area contributed by atoms with Crippen molar-refractivity contribution in [3.05, 3.63) is 155 Å². The van der Waals surface area contributed by atoms with Crippen LogP contribution in [0.15, 0.2) is 127 Å². The van der Waals surface area contributed by atoms with Crippen LogP contribution in [0, 0.1) is 13.8 Å². The first kappa shape index (κ1) is 35.1. The molecule has 1 N–H and O–H groups in total. The van der Waals surface area contributed by atoms with Crippen molar-refractivity contribution in [3.8, 4) is 16.9 Å². The molecule has 0 heterocycles. The minimum atomic E-state index is 0. The van der Waals surface area contributed by atoms with E-state index in [1.807, 2.05) is 25.1 Å². The van der Waals surface area contributed by atoms with Gasteiger partial charge in [-0.2, -0.15) is 0 Å². The number of aromatic hydroxyl groups is 1. The third-order valence-electron chi connectivity index (χ3n) is 6.93. The fourth-order valence-corrected chi connectivity index (χ4v) is 5.22. The summed E-state index contributed by atoms with van der Waals surface area (Å²) in [6.45, 7) is 10.6. The van der Waals surface area contributed by atoms with Gasteiger partial charge in [0.1, 0.15) is 5.75 Å². The van der Waals surface area contributed by atoms with E-state index < -0.39 is 0 Å². The van der Waals surface area contributed by atoms with Crippen molar-refractivity contribution in [1.29, 1.82) is 0 Å². The molecule has 0 unspecified atom stereocenters. The Morgan fingerprint density at radius 2 is 1.24 bits per heavy atom. The van der Waals surface area contributed by atoms with Gasteiger partial charge in [-0.05, 0) is 35.6 Å². The molecule has 0 fully saturated rings. The van der Waals surface area contributed by atoms with Crippen molar-refractivity contribution in [2.45, 2.75) is 40.0 Å². The first-order valence-corrected chi connectivity index (χ1v) is 14.5. The van der Waals surface area contributed by atoms with Crippen LogP contribution in [-0.2, 0) is 25.4 Å². The van der Waals surface area contributed by atoms with E-state index >= 15 is 0 Å². The van der Waals surface area contributed by atoms with E-state index in [0.717, 1.165) is 5.56 Å². The molecule has 0 spiro atoms. The normalized spacial score (nSPS) is 10.4. The number of hydrogen-bond donors (Lipinski definition) is 1. The standard InChI is InChI=1S/C14H11.C13H10.C11H16O.2ClH.Ti/c1-10-5-4-8-13-12-7-3-2-6-11(12)9-14(10)13;1-3-7-12(8-4-1)11-13-9-5-2-6-10-13;1-8-5-9(11(2,3)4)7-10(12)6-8;;;/h2-9H,1H3;1-10H;5-7,12H,1-4H3;2*1H;/q-1;;;;;+1. The topological polar surface area (TPSA) is 20.2 Å². The molecule has 0 bridgehead atoms. The summed E-state index contributed by atoms with van der Waals surface area (Å²) in [5, 5.41) is 12.1. The predicted octanol–water partition coefficient (Wildman–Crippen LogP) is 10.6. The average Bonchev–Trinajstić information content (AvgIpc) is 3.34. The fraction of sp³-hybridized carbons (Fsp3) is 0.158. The number of halogens is 2. The van der Waals surface area contributed by atoms with Crippen LogP contribution >= 0.6 is 24.8 Å². The van der Waals surface area contributed by atoms with Crippen molar-refractivity contribution in [2.75, 3.05) is 0 Å². The van der Waals surface area contributed by atoms with Crippen molar-refractivity contribution in [3.63, 3.8) is 0 Å². The summed E-state index contributed by atoms with van der Waals surface area (Å²) in [5.74, 6) is 0.361. The van der Waals surface area contributed by atoms with Crippen molar-refractivity contribution < 1.29 is 25.1 Å². The Balaban J connectivity index is 0.000000216. The summed E-state index contributed by atoms with van der Waals surface area (Å²) in [7, 11) is 0. The Morgan fingerprint density at radius 1 is 0.690 bits per heavy atom. The fourth-order valence-electron chi connectivity index (χ4n) is 4.70. The molecule has 42 heavy (non-hydrogen) atoms. The Labute approximate surface area is 275 Å². The molecule has 0 amide bonds. The van der Waals surface area contributed by atoms with Gasteiger partial charge in [0.15, 0.2) is 0 Å². The predicted molar refractivity (Wildman–Crippen MR) is 183 cm³/mol. The van der Waals surface area contributed by atoms with Crippen LogP contribution in [0.25, 0.3) is 21.9 Å². The van der Waals surface area contributed by atoms with E-state index in [4.69, 9.17) is 0 Å². The van der Waals surface area contributed by atoms with Crippen molar-refractivity contribution in [1.82, 2.24) is 0 Å². The van der Waals surface area contributed by atoms with Gasteiger partial charge in [0, 0.05) is 0 Å². The molecule has 215 valence electrons. The third-order valence-corrected chi connectivity index (χ3v) is 7.83. The van der Waals surface area contributed by atoms with Crippen LogP contribution in [0.5, 0.6) is 5.75 Å². The second-order valence-corrected chi connectivity index (χ2v) is 12.0. The summed E-state index contributed by atoms with van der Waals surface area (Å²) in [6, 6.07) is 44.0. The molecular weight excluding hydrogens is 591 g/mol. The van der Waals surface area contributed by atoms with Gasteiger partial charge in [-0.25, -0.2) is 0 Å². The summed E-state index contributed by atoms with van der Waals surface area (Å²) < 4.78 is 1.33. The van der Waals surface area contributed by atoms with E-state index in [9.17, 15) is 5.11 Å². The monoisotopic (exact) mass is 629 g/mol. The molecule has 0 radical (unpaired) electrons. The molecule has 4 heteroatoms. The quantitative estimate of drug-likeness (QED) is 0.149. The van der Waals surface area contributed by atoms with E-state index in [1.165, 1.54) is 48.0 Å². The van der Waals surface area contributed by atoms with E-state index in [1.54, 1.807) is 6.07 Å². The third kappa shape index (κ3) is 9.22. The number of aryl methyl sites for hydroxylation is 2. The van der Waals surface area contributed by atoms with E-state index in [-0.39, 0.29) is 30.2 Å². The summed E-state index contributed by atoms with van der Waals surface area (Å²) >= 11 is 2.16. The summed E-state index contributed by atoms with van der Waals surface area (Å²) in [5.41, 5.74) is 9.11. The molecular formula is C38H39Cl2OTi. The molecule has 0 aliphatic heterocycles. The maximum atomic E-state index is 9.36. The van der Waals surface area contributed by atoms with E-state index in [0.29, 0.717) is 5.75 Å². The maximum absolute atomic E-state index is 9.36. The average molecular weight is 631 g/mol. The van der Waals surface area contributed by atoms with Gasteiger partial charge in [0.2, 0.25) is 0 Å². The van der Waals surface area contributed by atoms with Gasteiger partial charge in [-0.1, -0.05) is 68.8 Å². The van der Waals surface area contributed by atoms with Crippen LogP contribution in [0.1, 0.15) is 48.6 Å². The zero-order valence-electron chi connectivity index (χ0n) is 24.9. The van der Waals surface area contributed by atoms with Crippen LogP contribution < -0.4 is 0 Å². The molecule has 4 aromatic rings. The van der Waals surface area contributed by atoms with Gasteiger partial charge in [0.25, 0.3) is 0 Å². The summed E-state index contributed by atoms with van der Waals surface area (Å²) in [6.07, 6.45) is 0. The number of fused-ring (bicyclic) bond motifs is 3. The summed E-state index contributed by atoms with van der Waals surface area (Å²) in [4.78, 5) is 0. The second-order valence-electron chi connectivity index (χ2n) is 11.2. The van der Waals surface area contributed by atoms with Crippen LogP contribution in [0.3, 0.4) is 0 Å². The molecule has 2 aliphatic carbocycles. The van der Waals surface area contributed by atoms with Gasteiger partial charge in [-0.3, -0.25) is 0 Å². The Kier molecular flexibility index (Phi) is 13.4. The Morgan fingerprint density at radius 3 is 1.79 bits per heavy atom. The van der Waals surface area contributed by atoms with Gasteiger partial charge in [-0.15, -0.1) is 65.8 Å². The SMILES string of the molecule is C[c-]1cccc2c3ccccc3cc1-2.Cc1cc(O)cc(C(C)(C)C)c1.Cl.Cl.[Ti+]=[C](c1ccccc1)c1ccccc1. The number of phenolic OH excluding ortho intramolecular Hbond substituents is 1. The number of benzene rings is 5. The van der Waals surface area contributed by atoms with Gasteiger partial charge < -0.3 is 5.11 Å². The second kappa shape index (κ2) is 16.0. The molecule has 4 aromatic carbocycles. The minimum absolute atomic E-state index is 0. The molecule has 2 aliphatic rings. The number of hydrogen-bond acceptors (Lipinski definition) is 1. The molecule has 0 saturated carbocycles. The first-order valence-electron chi connectivity index (χ1n) is 13.7. The molecule has 6 rings (SSSR count). The van der Waals surface area contributed by atoms with Crippen molar-refractivity contribution in [2.24, 2.45) is 0 Å². The van der Waals surface area contributed by atoms with Crippen molar-refractivity contribution >= 4 is 39.4 Å². The van der Waals surface area contributed by atoms with Gasteiger partial charge in [0.05, 0.1) is 0 Å². The van der Waals surface area contributed by atoms with Gasteiger partial charge >= 0.3 is 95.6 Å². The molecule has 0 aromatic heterocycles. The molecule has 0 saturated heterocycles. The Bertz CT molecular complexity index is 1600. The number of phenols is 1. The zero-order valence-corrected chi connectivity index (χ0v) is 28.1. The van der Waals surface area contributed by atoms with Crippen LogP contribution in [0.4, 0.5) is 0 Å². The Hall–Kier alpha value is -3.07. The zero-order chi connectivity index (χ0) is 28.7. The molecule has 0 atom stereocenters. The van der Waals surface area contributed by atoms with Crippen LogP contribution in [-0.4, -0.2) is 8.92 Å². The van der Waals surface area contributed by atoms with Crippen LogP contribution in [0.2, 0.25) is 0 Å². The first-order chi connectivity index (χ1) is 19.1. The van der Waals surface area contributed by atoms with E-state index in [2.05, 4.69) is 151 Å². The molecule has 1 nitrogen and oxygen atoms in total.